The van der Waals surface area contributed by atoms with E-state index in [1.165, 1.54) is 6.33 Å². The molecule has 96 valence electrons. The number of hydrogen-bond donors (Lipinski definition) is 1. The van der Waals surface area contributed by atoms with Crippen LogP contribution in [-0.2, 0) is 0 Å². The molecule has 1 aromatic heterocycles. The molecule has 1 atom stereocenters. The lowest BCUT2D eigenvalue weighted by Crippen LogP contribution is -2.36. The zero-order valence-electron chi connectivity index (χ0n) is 10.8. The molecule has 0 aliphatic heterocycles. The predicted molar refractivity (Wildman–Crippen MR) is 70.8 cm³/mol. The average molecular weight is 258 g/mol. The SMILES string of the molecule is CCC(C)(CCl)Nc1cc(OC(C)C)ncn1. The predicted octanol–water partition coefficient (Wildman–Crippen LogP) is 3.08. The summed E-state index contributed by atoms with van der Waals surface area (Å²) in [5.41, 5.74) is -0.162. The summed E-state index contributed by atoms with van der Waals surface area (Å²) in [6.45, 7) is 8.07. The largest absolute Gasteiger partial charge is 0.475 e. The number of nitrogens with zero attached hydrogens (tertiary/aromatic N) is 2. The van der Waals surface area contributed by atoms with E-state index < -0.39 is 0 Å². The Balaban J connectivity index is 2.78. The van der Waals surface area contributed by atoms with Crippen molar-refractivity contribution in [2.75, 3.05) is 11.2 Å². The summed E-state index contributed by atoms with van der Waals surface area (Å²) in [6, 6.07) is 1.79. The van der Waals surface area contributed by atoms with Gasteiger partial charge in [0.2, 0.25) is 5.88 Å². The highest BCUT2D eigenvalue weighted by molar-refractivity contribution is 6.18. The van der Waals surface area contributed by atoms with Gasteiger partial charge in [-0.15, -0.1) is 11.6 Å². The van der Waals surface area contributed by atoms with Gasteiger partial charge < -0.3 is 10.1 Å². The highest BCUT2D eigenvalue weighted by atomic mass is 35.5. The molecule has 4 nitrogen and oxygen atoms in total. The number of alkyl halides is 1. The standard InChI is InChI=1S/C12H20ClN3O/c1-5-12(4,7-13)16-10-6-11(15-8-14-10)17-9(2)3/h6,8-9H,5,7H2,1-4H3,(H,14,15,16). The fourth-order valence-corrected chi connectivity index (χ4v) is 1.50. The maximum absolute atomic E-state index is 5.95. The molecule has 17 heavy (non-hydrogen) atoms. The van der Waals surface area contributed by atoms with E-state index in [9.17, 15) is 0 Å². The number of ether oxygens (including phenoxy) is 1. The second-order valence-electron chi connectivity index (χ2n) is 4.58. The van der Waals surface area contributed by atoms with Crippen LogP contribution in [0.2, 0.25) is 0 Å². The number of rotatable bonds is 6. The number of anilines is 1. The summed E-state index contributed by atoms with van der Waals surface area (Å²) in [6.07, 6.45) is 2.51. The van der Waals surface area contributed by atoms with Gasteiger partial charge in [0.15, 0.2) is 0 Å². The smallest absolute Gasteiger partial charge is 0.218 e. The maximum atomic E-state index is 5.95. The molecule has 1 aromatic rings. The minimum atomic E-state index is -0.162. The van der Waals surface area contributed by atoms with Gasteiger partial charge >= 0.3 is 0 Å². The van der Waals surface area contributed by atoms with Crippen molar-refractivity contribution in [1.82, 2.24) is 9.97 Å². The second-order valence-corrected chi connectivity index (χ2v) is 4.85. The minimum Gasteiger partial charge on any atom is -0.475 e. The quantitative estimate of drug-likeness (QED) is 0.796. The van der Waals surface area contributed by atoms with Crippen molar-refractivity contribution in [2.24, 2.45) is 0 Å². The van der Waals surface area contributed by atoms with Crippen LogP contribution in [0.1, 0.15) is 34.1 Å². The minimum absolute atomic E-state index is 0.100. The summed E-state index contributed by atoms with van der Waals surface area (Å²) >= 11 is 5.95. The van der Waals surface area contributed by atoms with Gasteiger partial charge in [-0.2, -0.15) is 0 Å². The third-order valence-electron chi connectivity index (χ3n) is 2.50. The van der Waals surface area contributed by atoms with Crippen molar-refractivity contribution in [3.05, 3.63) is 12.4 Å². The fraction of sp³-hybridized carbons (Fsp3) is 0.667. The van der Waals surface area contributed by atoms with E-state index in [0.717, 1.165) is 12.2 Å². The zero-order valence-corrected chi connectivity index (χ0v) is 11.6. The molecule has 0 amide bonds. The summed E-state index contributed by atoms with van der Waals surface area (Å²) in [5, 5.41) is 3.31. The Bertz CT molecular complexity index is 353. The Morgan fingerprint density at radius 1 is 1.47 bits per heavy atom. The van der Waals surface area contributed by atoms with Gasteiger partial charge in [0, 0.05) is 17.5 Å². The molecule has 0 spiro atoms. The molecular weight excluding hydrogens is 238 g/mol. The maximum Gasteiger partial charge on any atom is 0.218 e. The molecule has 1 unspecified atom stereocenters. The van der Waals surface area contributed by atoms with E-state index in [2.05, 4.69) is 29.1 Å². The topological polar surface area (TPSA) is 47.0 Å². The van der Waals surface area contributed by atoms with Crippen LogP contribution in [0.5, 0.6) is 5.88 Å². The third-order valence-corrected chi connectivity index (χ3v) is 3.09. The first kappa shape index (κ1) is 14.0. The van der Waals surface area contributed by atoms with E-state index in [0.29, 0.717) is 11.8 Å². The first-order valence-corrected chi connectivity index (χ1v) is 6.35. The molecule has 0 saturated heterocycles. The molecule has 0 bridgehead atoms. The van der Waals surface area contributed by atoms with Crippen LogP contribution in [0.15, 0.2) is 12.4 Å². The Morgan fingerprint density at radius 3 is 2.71 bits per heavy atom. The van der Waals surface area contributed by atoms with Gasteiger partial charge in [0.05, 0.1) is 6.10 Å². The van der Waals surface area contributed by atoms with Crippen molar-refractivity contribution < 1.29 is 4.74 Å². The van der Waals surface area contributed by atoms with E-state index in [1.54, 1.807) is 6.07 Å². The van der Waals surface area contributed by atoms with Crippen LogP contribution < -0.4 is 10.1 Å². The molecule has 1 heterocycles. The van der Waals surface area contributed by atoms with Gasteiger partial charge in [-0.1, -0.05) is 6.92 Å². The molecule has 0 radical (unpaired) electrons. The molecule has 5 heteroatoms. The Hall–Kier alpha value is -1.03. The summed E-state index contributed by atoms with van der Waals surface area (Å²) in [7, 11) is 0. The Kier molecular flexibility index (Phi) is 5.00. The first-order valence-electron chi connectivity index (χ1n) is 5.82. The zero-order chi connectivity index (χ0) is 12.9. The average Bonchev–Trinajstić information content (AvgIpc) is 2.28. The van der Waals surface area contributed by atoms with E-state index in [4.69, 9.17) is 16.3 Å². The van der Waals surface area contributed by atoms with Gasteiger partial charge in [0.25, 0.3) is 0 Å². The molecule has 1 N–H and O–H groups in total. The molecular formula is C12H20ClN3O. The number of halogens is 1. The number of aromatic nitrogens is 2. The van der Waals surface area contributed by atoms with Crippen LogP contribution in [0, 0.1) is 0 Å². The normalized spacial score (nSPS) is 14.5. The monoisotopic (exact) mass is 257 g/mol. The number of hydrogen-bond acceptors (Lipinski definition) is 4. The second kappa shape index (κ2) is 6.05. The van der Waals surface area contributed by atoms with E-state index in [-0.39, 0.29) is 11.6 Å². The molecule has 0 aromatic carbocycles. The highest BCUT2D eigenvalue weighted by Gasteiger charge is 2.21. The lowest BCUT2D eigenvalue weighted by Gasteiger charge is -2.27. The summed E-state index contributed by atoms with van der Waals surface area (Å²) < 4.78 is 5.51. The van der Waals surface area contributed by atoms with Crippen molar-refractivity contribution in [2.45, 2.75) is 45.8 Å². The third kappa shape index (κ3) is 4.38. The van der Waals surface area contributed by atoms with Gasteiger partial charge in [-0.25, -0.2) is 9.97 Å². The molecule has 0 saturated carbocycles. The van der Waals surface area contributed by atoms with E-state index >= 15 is 0 Å². The lowest BCUT2D eigenvalue weighted by molar-refractivity contribution is 0.232. The van der Waals surface area contributed by atoms with Crippen molar-refractivity contribution in [3.8, 4) is 5.88 Å². The van der Waals surface area contributed by atoms with Crippen LogP contribution >= 0.6 is 11.6 Å². The summed E-state index contributed by atoms with van der Waals surface area (Å²) in [4.78, 5) is 8.22. The molecule has 0 aliphatic rings. The van der Waals surface area contributed by atoms with E-state index in [1.807, 2.05) is 13.8 Å². The van der Waals surface area contributed by atoms with Crippen LogP contribution in [0.3, 0.4) is 0 Å². The Morgan fingerprint density at radius 2 is 2.18 bits per heavy atom. The first-order chi connectivity index (χ1) is 7.99. The van der Waals surface area contributed by atoms with Gasteiger partial charge in [0.1, 0.15) is 12.1 Å². The van der Waals surface area contributed by atoms with Crippen molar-refractivity contribution >= 4 is 17.4 Å². The summed E-state index contributed by atoms with van der Waals surface area (Å²) in [5.74, 6) is 1.83. The van der Waals surface area contributed by atoms with Gasteiger partial charge in [-0.05, 0) is 27.2 Å². The lowest BCUT2D eigenvalue weighted by atomic mass is 10.0. The molecule has 0 fully saturated rings. The van der Waals surface area contributed by atoms with Crippen LogP contribution in [0.25, 0.3) is 0 Å². The fourth-order valence-electron chi connectivity index (χ4n) is 1.24. The van der Waals surface area contributed by atoms with Crippen LogP contribution in [-0.4, -0.2) is 27.5 Å². The van der Waals surface area contributed by atoms with Crippen molar-refractivity contribution in [1.29, 1.82) is 0 Å². The van der Waals surface area contributed by atoms with Crippen LogP contribution in [0.4, 0.5) is 5.82 Å². The number of nitrogens with one attached hydrogen (secondary N) is 1. The van der Waals surface area contributed by atoms with Gasteiger partial charge in [-0.3, -0.25) is 0 Å². The molecule has 0 aliphatic carbocycles. The Labute approximate surface area is 108 Å². The van der Waals surface area contributed by atoms with Crippen molar-refractivity contribution in [3.63, 3.8) is 0 Å². The molecule has 1 rings (SSSR count). The highest BCUT2D eigenvalue weighted by Crippen LogP contribution is 2.20.